The smallest absolute Gasteiger partial charge is 0.278 e. The summed E-state index contributed by atoms with van der Waals surface area (Å²) in [5.41, 5.74) is 0. The van der Waals surface area contributed by atoms with Crippen LogP contribution in [0, 0.1) is 0 Å². The van der Waals surface area contributed by atoms with Crippen molar-refractivity contribution >= 4 is 11.8 Å². The van der Waals surface area contributed by atoms with E-state index in [2.05, 4.69) is 10.6 Å². The van der Waals surface area contributed by atoms with Crippen LogP contribution in [0.5, 0.6) is 0 Å². The van der Waals surface area contributed by atoms with Gasteiger partial charge in [0.1, 0.15) is 0 Å². The molecule has 1 aliphatic heterocycles. The third kappa shape index (κ3) is 6.54. The first-order valence-corrected chi connectivity index (χ1v) is 7.01. The summed E-state index contributed by atoms with van der Waals surface area (Å²) in [7, 11) is 0. The molecule has 0 unspecified atom stereocenters. The minimum Gasteiger partial charge on any atom is -0.376 e. The molecule has 19 heavy (non-hydrogen) atoms. The van der Waals surface area contributed by atoms with E-state index in [1.165, 1.54) is 0 Å². The largest absolute Gasteiger partial charge is 0.376 e. The first-order chi connectivity index (χ1) is 8.99. The highest BCUT2D eigenvalue weighted by Crippen LogP contribution is 2.10. The molecule has 110 valence electrons. The van der Waals surface area contributed by atoms with Gasteiger partial charge in [0.05, 0.1) is 6.10 Å². The molecular weight excluding hydrogens is 246 g/mol. The molecule has 4 N–H and O–H groups in total. The van der Waals surface area contributed by atoms with E-state index in [0.29, 0.717) is 6.54 Å². The zero-order chi connectivity index (χ0) is 14.3. The molecule has 0 aromatic heterocycles. The topological polar surface area (TPSA) is 84.0 Å². The Labute approximate surface area is 114 Å². The van der Waals surface area contributed by atoms with Crippen molar-refractivity contribution < 1.29 is 19.6 Å². The van der Waals surface area contributed by atoms with Crippen molar-refractivity contribution in [3.63, 3.8) is 0 Å². The molecule has 0 aromatic rings. The van der Waals surface area contributed by atoms with Gasteiger partial charge in [0, 0.05) is 19.2 Å². The lowest BCUT2D eigenvalue weighted by Gasteiger charge is -2.14. The lowest BCUT2D eigenvalue weighted by atomic mass is 10.2. The quantitative estimate of drug-likeness (QED) is 0.542. The van der Waals surface area contributed by atoms with Crippen LogP contribution in [0.25, 0.3) is 0 Å². The first-order valence-electron chi connectivity index (χ1n) is 7.01. The van der Waals surface area contributed by atoms with Gasteiger partial charge in [-0.3, -0.25) is 9.59 Å². The molecule has 0 radical (unpaired) electrons. The number of carbonyl (C=O) groups is 2. The molecule has 6 nitrogen and oxygen atoms in total. The average Bonchev–Trinajstić information content (AvgIpc) is 2.85. The van der Waals surface area contributed by atoms with Gasteiger partial charge in [-0.05, 0) is 33.6 Å². The van der Waals surface area contributed by atoms with Crippen molar-refractivity contribution in [2.24, 2.45) is 0 Å². The van der Waals surface area contributed by atoms with E-state index in [-0.39, 0.29) is 36.5 Å². The number of carbonyl (C=O) groups excluding carboxylic acids is 2. The fourth-order valence-electron chi connectivity index (χ4n) is 1.95. The van der Waals surface area contributed by atoms with Gasteiger partial charge < -0.3 is 20.7 Å². The number of nitrogens with one attached hydrogen (secondary N) is 2. The third-order valence-corrected chi connectivity index (χ3v) is 3.05. The Morgan fingerprint density at radius 2 is 2.11 bits per heavy atom. The minimum absolute atomic E-state index is 0.0474. The van der Waals surface area contributed by atoms with Crippen LogP contribution in [0.15, 0.2) is 0 Å². The second kappa shape index (κ2) is 8.12. The van der Waals surface area contributed by atoms with Crippen LogP contribution in [0.2, 0.25) is 0 Å². The highest BCUT2D eigenvalue weighted by molar-refractivity contribution is 5.80. The molecular formula is C13H26N3O3+. The van der Waals surface area contributed by atoms with Crippen molar-refractivity contribution in [2.45, 2.75) is 51.8 Å². The second-order valence-electron chi connectivity index (χ2n) is 5.33. The van der Waals surface area contributed by atoms with Gasteiger partial charge in [-0.15, -0.1) is 0 Å². The zero-order valence-corrected chi connectivity index (χ0v) is 12.1. The molecule has 0 spiro atoms. The number of amides is 2. The molecule has 6 heteroatoms. The standard InChI is InChI=1S/C13H25N3O3/c1-9(2)16-12(17)8-14-10(3)13(18)15-7-11-5-4-6-19-11/h9-11,14H,4-8H2,1-3H3,(H,15,18)(H,16,17)/p+1/t10-,11+/m0/s1. The predicted octanol–water partition coefficient (Wildman–Crippen LogP) is -1.24. The van der Waals surface area contributed by atoms with Gasteiger partial charge in [0.25, 0.3) is 11.8 Å². The molecule has 2 amide bonds. The first kappa shape index (κ1) is 15.9. The summed E-state index contributed by atoms with van der Waals surface area (Å²) in [4.78, 5) is 23.3. The van der Waals surface area contributed by atoms with E-state index in [1.807, 2.05) is 13.8 Å². The van der Waals surface area contributed by atoms with Gasteiger partial charge >= 0.3 is 0 Å². The van der Waals surface area contributed by atoms with Crippen LogP contribution in [0.4, 0.5) is 0 Å². The van der Waals surface area contributed by atoms with Crippen molar-refractivity contribution in [1.29, 1.82) is 0 Å². The van der Waals surface area contributed by atoms with Gasteiger partial charge in [0.2, 0.25) is 0 Å². The zero-order valence-electron chi connectivity index (χ0n) is 12.1. The molecule has 0 bridgehead atoms. The fraction of sp³-hybridized carbons (Fsp3) is 0.846. The van der Waals surface area contributed by atoms with Crippen LogP contribution in [0.1, 0.15) is 33.6 Å². The van der Waals surface area contributed by atoms with Crippen molar-refractivity contribution in [3.05, 3.63) is 0 Å². The molecule has 1 aliphatic rings. The Bertz CT molecular complexity index is 302. The Balaban J connectivity index is 2.15. The summed E-state index contributed by atoms with van der Waals surface area (Å²) in [5, 5.41) is 7.39. The number of ether oxygens (including phenoxy) is 1. The molecule has 0 saturated carbocycles. The Kier molecular flexibility index (Phi) is 6.80. The van der Waals surface area contributed by atoms with Crippen LogP contribution >= 0.6 is 0 Å². The van der Waals surface area contributed by atoms with E-state index < -0.39 is 0 Å². The van der Waals surface area contributed by atoms with Crippen molar-refractivity contribution in [3.8, 4) is 0 Å². The summed E-state index contributed by atoms with van der Waals surface area (Å²) in [5.74, 6) is -0.0957. The van der Waals surface area contributed by atoms with Crippen LogP contribution in [0.3, 0.4) is 0 Å². The molecule has 0 aliphatic carbocycles. The lowest BCUT2D eigenvalue weighted by Crippen LogP contribution is -2.93. The SMILES string of the molecule is CC(C)NC(=O)C[NH2+][C@@H](C)C(=O)NC[C@H]1CCCO1. The Morgan fingerprint density at radius 1 is 1.37 bits per heavy atom. The van der Waals surface area contributed by atoms with Crippen LogP contribution in [-0.2, 0) is 14.3 Å². The second-order valence-corrected chi connectivity index (χ2v) is 5.33. The minimum atomic E-state index is -0.265. The molecule has 2 atom stereocenters. The van der Waals surface area contributed by atoms with Gasteiger partial charge in [-0.2, -0.15) is 0 Å². The predicted molar refractivity (Wildman–Crippen MR) is 71.5 cm³/mol. The maximum absolute atomic E-state index is 11.8. The maximum Gasteiger partial charge on any atom is 0.278 e. The van der Waals surface area contributed by atoms with E-state index in [1.54, 1.807) is 12.2 Å². The molecule has 1 fully saturated rings. The van der Waals surface area contributed by atoms with Crippen molar-refractivity contribution in [1.82, 2.24) is 10.6 Å². The summed E-state index contributed by atoms with van der Waals surface area (Å²) >= 11 is 0. The normalized spacial score (nSPS) is 20.3. The van der Waals surface area contributed by atoms with Gasteiger partial charge in [-0.25, -0.2) is 0 Å². The maximum atomic E-state index is 11.8. The number of quaternary nitrogens is 1. The summed E-state index contributed by atoms with van der Waals surface area (Å²) in [6.07, 6.45) is 2.23. The van der Waals surface area contributed by atoms with Gasteiger partial charge in [-0.1, -0.05) is 0 Å². The van der Waals surface area contributed by atoms with E-state index in [4.69, 9.17) is 4.74 Å². The highest BCUT2D eigenvalue weighted by atomic mass is 16.5. The summed E-state index contributed by atoms with van der Waals surface area (Å²) in [6.45, 7) is 7.25. The summed E-state index contributed by atoms with van der Waals surface area (Å²) < 4.78 is 5.44. The number of rotatable bonds is 7. The Hall–Kier alpha value is -1.14. The Morgan fingerprint density at radius 3 is 2.68 bits per heavy atom. The van der Waals surface area contributed by atoms with Crippen LogP contribution < -0.4 is 16.0 Å². The fourth-order valence-corrected chi connectivity index (χ4v) is 1.95. The van der Waals surface area contributed by atoms with Crippen molar-refractivity contribution in [2.75, 3.05) is 19.7 Å². The average molecular weight is 272 g/mol. The summed E-state index contributed by atoms with van der Waals surface area (Å²) in [6, 6.07) is -0.135. The van der Waals surface area contributed by atoms with Crippen LogP contribution in [-0.4, -0.2) is 49.7 Å². The molecule has 0 aromatic carbocycles. The monoisotopic (exact) mass is 272 g/mol. The lowest BCUT2D eigenvalue weighted by molar-refractivity contribution is -0.663. The van der Waals surface area contributed by atoms with E-state index in [0.717, 1.165) is 19.4 Å². The van der Waals surface area contributed by atoms with Gasteiger partial charge in [0.15, 0.2) is 12.6 Å². The number of hydrogen-bond acceptors (Lipinski definition) is 3. The van der Waals surface area contributed by atoms with E-state index >= 15 is 0 Å². The molecule has 1 rings (SSSR count). The molecule has 1 heterocycles. The van der Waals surface area contributed by atoms with E-state index in [9.17, 15) is 9.59 Å². The third-order valence-electron chi connectivity index (χ3n) is 3.05. The number of nitrogens with two attached hydrogens (primary N) is 1. The highest BCUT2D eigenvalue weighted by Gasteiger charge is 2.20. The molecule has 1 saturated heterocycles. The number of hydrogen-bond donors (Lipinski definition) is 3.